The van der Waals surface area contributed by atoms with Crippen LogP contribution in [0, 0.1) is 0 Å². The zero-order valence-corrected chi connectivity index (χ0v) is 14.9. The largest absolute Gasteiger partial charge is 0.417 e. The van der Waals surface area contributed by atoms with Crippen LogP contribution in [0.1, 0.15) is 12.5 Å². The molecule has 2 aromatic heterocycles. The summed E-state index contributed by atoms with van der Waals surface area (Å²) in [7, 11) is 0. The highest BCUT2D eigenvalue weighted by Gasteiger charge is 2.33. The lowest BCUT2D eigenvalue weighted by Gasteiger charge is -2.13. The second-order valence-corrected chi connectivity index (χ2v) is 5.95. The first-order valence-corrected chi connectivity index (χ1v) is 8.41. The molecular weight excluding hydrogens is 379 g/mol. The molecule has 3 rings (SSSR count). The fourth-order valence-corrected chi connectivity index (χ4v) is 2.61. The van der Waals surface area contributed by atoms with E-state index in [2.05, 4.69) is 25.6 Å². The van der Waals surface area contributed by atoms with Crippen molar-refractivity contribution in [3.05, 3.63) is 59.4 Å². The van der Waals surface area contributed by atoms with Crippen LogP contribution in [-0.4, -0.2) is 21.5 Å². The van der Waals surface area contributed by atoms with E-state index in [0.717, 1.165) is 11.6 Å². The molecule has 27 heavy (non-hydrogen) atoms. The monoisotopic (exact) mass is 393 g/mol. The number of halogens is 4. The van der Waals surface area contributed by atoms with E-state index in [9.17, 15) is 13.2 Å². The number of nitrogens with one attached hydrogen (secondary N) is 2. The van der Waals surface area contributed by atoms with Gasteiger partial charge < -0.3 is 10.6 Å². The number of anilines is 3. The predicted molar refractivity (Wildman–Crippen MR) is 99.2 cm³/mol. The molecule has 0 saturated carbocycles. The molecule has 0 aliphatic rings. The number of aromatic nitrogens is 3. The van der Waals surface area contributed by atoms with Crippen LogP contribution in [0.3, 0.4) is 0 Å². The van der Waals surface area contributed by atoms with Crippen molar-refractivity contribution >= 4 is 29.1 Å². The molecule has 0 saturated heterocycles. The van der Waals surface area contributed by atoms with Gasteiger partial charge in [0.05, 0.1) is 16.3 Å². The normalized spacial score (nSPS) is 11.3. The topological polar surface area (TPSA) is 62.7 Å². The molecule has 0 aliphatic heterocycles. The Morgan fingerprint density at radius 2 is 1.78 bits per heavy atom. The molecule has 0 bridgehead atoms. The molecule has 0 spiro atoms. The standard InChI is InChI=1S/C18H15ClF3N5/c1-2-24-17-26-15(11-5-7-23-8-6-11)10-16(27-17)25-12-3-4-14(19)13(9-12)18(20,21)22/h3-10H,2H2,1H3,(H2,24,25,26,27). The van der Waals surface area contributed by atoms with Gasteiger partial charge in [-0.05, 0) is 37.3 Å². The van der Waals surface area contributed by atoms with Crippen LogP contribution < -0.4 is 10.6 Å². The van der Waals surface area contributed by atoms with Crippen molar-refractivity contribution in [2.45, 2.75) is 13.1 Å². The Bertz CT molecular complexity index is 932. The summed E-state index contributed by atoms with van der Waals surface area (Å²) in [4.78, 5) is 12.7. The van der Waals surface area contributed by atoms with E-state index in [4.69, 9.17) is 11.6 Å². The number of pyridine rings is 1. The lowest BCUT2D eigenvalue weighted by Crippen LogP contribution is -2.08. The first kappa shape index (κ1) is 18.9. The summed E-state index contributed by atoms with van der Waals surface area (Å²) in [6.45, 7) is 2.49. The van der Waals surface area contributed by atoms with Gasteiger partial charge >= 0.3 is 6.18 Å². The van der Waals surface area contributed by atoms with Crippen LogP contribution in [0.5, 0.6) is 0 Å². The number of benzene rings is 1. The van der Waals surface area contributed by atoms with Crippen LogP contribution in [0.25, 0.3) is 11.3 Å². The lowest BCUT2D eigenvalue weighted by atomic mass is 10.1. The number of nitrogens with zero attached hydrogens (tertiary/aromatic N) is 3. The number of rotatable bonds is 5. The van der Waals surface area contributed by atoms with Gasteiger partial charge in [-0.15, -0.1) is 0 Å². The average Bonchev–Trinajstić information content (AvgIpc) is 2.63. The number of hydrogen-bond donors (Lipinski definition) is 2. The molecule has 0 radical (unpaired) electrons. The quantitative estimate of drug-likeness (QED) is 0.608. The van der Waals surface area contributed by atoms with Gasteiger partial charge in [0.2, 0.25) is 5.95 Å². The van der Waals surface area contributed by atoms with Crippen molar-refractivity contribution < 1.29 is 13.2 Å². The molecule has 2 N–H and O–H groups in total. The van der Waals surface area contributed by atoms with Gasteiger partial charge in [-0.1, -0.05) is 11.6 Å². The first-order valence-electron chi connectivity index (χ1n) is 8.04. The third-order valence-corrected chi connectivity index (χ3v) is 3.91. The highest BCUT2D eigenvalue weighted by molar-refractivity contribution is 6.31. The third-order valence-electron chi connectivity index (χ3n) is 3.58. The molecule has 0 aliphatic carbocycles. The SMILES string of the molecule is CCNc1nc(Nc2ccc(Cl)c(C(F)(F)F)c2)cc(-c2ccncc2)n1. The molecule has 0 fully saturated rings. The van der Waals surface area contributed by atoms with E-state index in [0.29, 0.717) is 24.0 Å². The Kier molecular flexibility index (Phi) is 5.46. The molecule has 140 valence electrons. The summed E-state index contributed by atoms with van der Waals surface area (Å²) in [5, 5.41) is 5.54. The van der Waals surface area contributed by atoms with E-state index in [1.807, 2.05) is 6.92 Å². The number of alkyl halides is 3. The summed E-state index contributed by atoms with van der Waals surface area (Å²) in [6, 6.07) is 8.82. The number of hydrogen-bond acceptors (Lipinski definition) is 5. The van der Waals surface area contributed by atoms with Crippen molar-refractivity contribution in [3.63, 3.8) is 0 Å². The molecule has 3 aromatic rings. The Labute approximate surface area is 158 Å². The van der Waals surface area contributed by atoms with Gasteiger partial charge in [0.1, 0.15) is 5.82 Å². The molecule has 5 nitrogen and oxygen atoms in total. The maximum absolute atomic E-state index is 13.1. The molecule has 0 unspecified atom stereocenters. The summed E-state index contributed by atoms with van der Waals surface area (Å²) in [6.07, 6.45) is -1.28. The molecule has 1 aromatic carbocycles. The van der Waals surface area contributed by atoms with Gasteiger partial charge in [-0.25, -0.2) is 4.98 Å². The lowest BCUT2D eigenvalue weighted by molar-refractivity contribution is -0.137. The predicted octanol–water partition coefficient (Wildman–Crippen LogP) is 5.39. The summed E-state index contributed by atoms with van der Waals surface area (Å²) in [5.74, 6) is 0.711. The van der Waals surface area contributed by atoms with Crippen LogP contribution in [-0.2, 0) is 6.18 Å². The van der Waals surface area contributed by atoms with Gasteiger partial charge in [0.15, 0.2) is 0 Å². The van der Waals surface area contributed by atoms with Crippen LogP contribution >= 0.6 is 11.6 Å². The molecule has 9 heteroatoms. The average molecular weight is 394 g/mol. The van der Waals surface area contributed by atoms with Gasteiger partial charge in [-0.3, -0.25) is 4.98 Å². The zero-order chi connectivity index (χ0) is 19.4. The van der Waals surface area contributed by atoms with Crippen molar-refractivity contribution in [2.75, 3.05) is 17.2 Å². The Hall–Kier alpha value is -2.87. The van der Waals surface area contributed by atoms with E-state index >= 15 is 0 Å². The minimum atomic E-state index is -4.54. The molecule has 2 heterocycles. The third kappa shape index (κ3) is 4.65. The molecular formula is C18H15ClF3N5. The van der Waals surface area contributed by atoms with E-state index < -0.39 is 11.7 Å². The summed E-state index contributed by atoms with van der Waals surface area (Å²) in [5.41, 5.74) is 0.718. The van der Waals surface area contributed by atoms with Gasteiger partial charge in [-0.2, -0.15) is 18.2 Å². The first-order chi connectivity index (χ1) is 12.9. The van der Waals surface area contributed by atoms with Crippen molar-refractivity contribution in [3.8, 4) is 11.3 Å². The van der Waals surface area contributed by atoms with E-state index in [1.54, 1.807) is 30.6 Å². The molecule has 0 amide bonds. The van der Waals surface area contributed by atoms with Gasteiger partial charge in [0, 0.05) is 36.3 Å². The van der Waals surface area contributed by atoms with Crippen LogP contribution in [0.4, 0.5) is 30.6 Å². The minimum absolute atomic E-state index is 0.216. The summed E-state index contributed by atoms with van der Waals surface area (Å²) < 4.78 is 39.2. The highest BCUT2D eigenvalue weighted by Crippen LogP contribution is 2.36. The second kappa shape index (κ2) is 7.79. The van der Waals surface area contributed by atoms with Gasteiger partial charge in [0.25, 0.3) is 0 Å². The molecule has 0 atom stereocenters. The Morgan fingerprint density at radius 3 is 2.44 bits per heavy atom. The van der Waals surface area contributed by atoms with Crippen molar-refractivity contribution in [1.29, 1.82) is 0 Å². The fraction of sp³-hybridized carbons (Fsp3) is 0.167. The van der Waals surface area contributed by atoms with Crippen molar-refractivity contribution in [1.82, 2.24) is 15.0 Å². The zero-order valence-electron chi connectivity index (χ0n) is 14.2. The summed E-state index contributed by atoms with van der Waals surface area (Å²) >= 11 is 5.67. The maximum Gasteiger partial charge on any atom is 0.417 e. The minimum Gasteiger partial charge on any atom is -0.354 e. The maximum atomic E-state index is 13.1. The van der Waals surface area contributed by atoms with Crippen molar-refractivity contribution in [2.24, 2.45) is 0 Å². The van der Waals surface area contributed by atoms with Crippen LogP contribution in [0.2, 0.25) is 5.02 Å². The van der Waals surface area contributed by atoms with E-state index in [1.165, 1.54) is 12.1 Å². The van der Waals surface area contributed by atoms with Crippen LogP contribution in [0.15, 0.2) is 48.8 Å². The second-order valence-electron chi connectivity index (χ2n) is 5.55. The smallest absolute Gasteiger partial charge is 0.354 e. The van der Waals surface area contributed by atoms with E-state index in [-0.39, 0.29) is 10.7 Å². The fourth-order valence-electron chi connectivity index (χ4n) is 2.39. The highest BCUT2D eigenvalue weighted by atomic mass is 35.5. The Balaban J connectivity index is 1.98. The Morgan fingerprint density at radius 1 is 1.04 bits per heavy atom.